The first-order valence-corrected chi connectivity index (χ1v) is 14.3. The van der Waals surface area contributed by atoms with Gasteiger partial charge in [0.05, 0.1) is 42.4 Å². The predicted octanol–water partition coefficient (Wildman–Crippen LogP) is 5.46. The monoisotopic (exact) mass is 675 g/mol. The van der Waals surface area contributed by atoms with E-state index < -0.39 is 23.1 Å². The second kappa shape index (κ2) is 12.0. The first-order chi connectivity index (χ1) is 21.6. The third-order valence-electron chi connectivity index (χ3n) is 6.69. The number of benzene rings is 3. The minimum absolute atomic E-state index is 0.0229. The zero-order chi connectivity index (χ0) is 32.0. The van der Waals surface area contributed by atoms with Crippen LogP contribution in [0.2, 0.25) is 10.0 Å². The summed E-state index contributed by atoms with van der Waals surface area (Å²) in [6, 6.07) is 5.44. The van der Waals surface area contributed by atoms with Gasteiger partial charge in [-0.05, 0) is 42.1 Å². The second-order valence-corrected chi connectivity index (χ2v) is 11.0. The normalized spacial score (nSPS) is 15.3. The number of carbonyl (C=O) groups is 4. The van der Waals surface area contributed by atoms with Gasteiger partial charge in [-0.15, -0.1) is 0 Å². The Morgan fingerprint density at radius 2 is 1.38 bits per heavy atom. The number of hydrogen-bond acceptors (Lipinski definition) is 13. The van der Waals surface area contributed by atoms with Crippen molar-refractivity contribution in [3.05, 3.63) is 55.9 Å². The van der Waals surface area contributed by atoms with Crippen molar-refractivity contribution in [3.63, 3.8) is 0 Å². The third kappa shape index (κ3) is 5.30. The molecule has 16 heteroatoms. The lowest BCUT2D eigenvalue weighted by atomic mass is 9.91. The second-order valence-electron chi connectivity index (χ2n) is 9.17. The minimum Gasteiger partial charge on any atom is -0.493 e. The van der Waals surface area contributed by atoms with Crippen LogP contribution in [-0.4, -0.2) is 58.0 Å². The van der Waals surface area contributed by atoms with Gasteiger partial charge >= 0.3 is 11.9 Å². The molecule has 2 amide bonds. The molecule has 0 bridgehead atoms. The van der Waals surface area contributed by atoms with Crippen molar-refractivity contribution in [2.24, 2.45) is 0 Å². The molecule has 3 heterocycles. The smallest absolute Gasteiger partial charge is 0.344 e. The average molecular weight is 676 g/mol. The number of ether oxygens (including phenoxy) is 8. The van der Waals surface area contributed by atoms with Crippen molar-refractivity contribution in [1.82, 2.24) is 5.32 Å². The molecule has 0 saturated carbocycles. The van der Waals surface area contributed by atoms with Gasteiger partial charge in [0.25, 0.3) is 11.1 Å². The minimum atomic E-state index is -0.996. The molecule has 1 fully saturated rings. The van der Waals surface area contributed by atoms with Gasteiger partial charge in [-0.25, -0.2) is 9.59 Å². The molecule has 1 saturated heterocycles. The van der Waals surface area contributed by atoms with E-state index in [2.05, 4.69) is 5.32 Å². The molecule has 232 valence electrons. The van der Waals surface area contributed by atoms with Crippen molar-refractivity contribution in [1.29, 1.82) is 0 Å². The molecule has 1 N–H and O–H groups in total. The van der Waals surface area contributed by atoms with Crippen LogP contribution in [0.3, 0.4) is 0 Å². The average Bonchev–Trinajstić information content (AvgIpc) is 3.77. The number of hydrogen-bond donors (Lipinski definition) is 1. The highest BCUT2D eigenvalue weighted by molar-refractivity contribution is 8.18. The molecule has 0 aliphatic carbocycles. The quantitative estimate of drug-likeness (QED) is 0.191. The maximum absolute atomic E-state index is 14.2. The van der Waals surface area contributed by atoms with Crippen molar-refractivity contribution < 1.29 is 57.1 Å². The number of esters is 2. The molecular weight excluding hydrogens is 657 g/mol. The Morgan fingerprint density at radius 3 is 1.89 bits per heavy atom. The molecule has 3 aliphatic heterocycles. The summed E-state index contributed by atoms with van der Waals surface area (Å²) in [7, 11) is 3.93. The molecule has 0 spiro atoms. The number of thioether (sulfide) groups is 1. The maximum Gasteiger partial charge on any atom is 0.344 e. The summed E-state index contributed by atoms with van der Waals surface area (Å²) >= 11 is 13.3. The van der Waals surface area contributed by atoms with E-state index in [-0.39, 0.29) is 96.6 Å². The fourth-order valence-corrected chi connectivity index (χ4v) is 6.03. The van der Waals surface area contributed by atoms with Crippen LogP contribution in [0.5, 0.6) is 40.2 Å². The lowest BCUT2D eigenvalue weighted by Crippen LogP contribution is -2.17. The molecule has 3 aromatic rings. The number of carbonyl (C=O) groups excluding carboxylic acids is 4. The van der Waals surface area contributed by atoms with Crippen LogP contribution in [0.25, 0.3) is 17.2 Å². The Hall–Kier alpha value is -4.79. The Kier molecular flexibility index (Phi) is 8.03. The van der Waals surface area contributed by atoms with E-state index in [1.807, 2.05) is 0 Å². The summed E-state index contributed by atoms with van der Waals surface area (Å²) in [6.07, 6.45) is 1.31. The van der Waals surface area contributed by atoms with Gasteiger partial charge in [-0.2, -0.15) is 0 Å². The van der Waals surface area contributed by atoms with Crippen molar-refractivity contribution in [2.45, 2.75) is 0 Å². The molecule has 45 heavy (non-hydrogen) atoms. The SMILES string of the molecule is COC(=O)c1cc(OC)c2c(c1-c1c(C(=O)Oc3c(Cl)cc(Cl)cc3/C=C3/SC(=O)NC3=O)cc(OC)c3c1OCO3)OCO2. The molecule has 0 aromatic heterocycles. The Labute approximate surface area is 268 Å². The number of rotatable bonds is 7. The number of halogens is 2. The van der Waals surface area contributed by atoms with Crippen molar-refractivity contribution in [3.8, 4) is 51.4 Å². The first-order valence-electron chi connectivity index (χ1n) is 12.7. The largest absolute Gasteiger partial charge is 0.493 e. The fraction of sp³-hybridized carbons (Fsp3) is 0.172. The number of fused-ring (bicyclic) bond motifs is 2. The number of amides is 2. The highest BCUT2D eigenvalue weighted by atomic mass is 35.5. The van der Waals surface area contributed by atoms with E-state index in [0.29, 0.717) is 11.8 Å². The Morgan fingerprint density at radius 1 is 0.822 bits per heavy atom. The fourth-order valence-electron chi connectivity index (χ4n) is 4.81. The maximum atomic E-state index is 14.2. The highest BCUT2D eigenvalue weighted by Gasteiger charge is 2.38. The van der Waals surface area contributed by atoms with E-state index in [9.17, 15) is 19.2 Å². The summed E-state index contributed by atoms with van der Waals surface area (Å²) in [5, 5.41) is 1.66. The van der Waals surface area contributed by atoms with Crippen molar-refractivity contribution in [2.75, 3.05) is 34.9 Å². The van der Waals surface area contributed by atoms with E-state index >= 15 is 0 Å². The topological polar surface area (TPSA) is 154 Å². The van der Waals surface area contributed by atoms with Gasteiger partial charge in [0.15, 0.2) is 28.7 Å². The van der Waals surface area contributed by atoms with Crippen LogP contribution in [0.4, 0.5) is 4.79 Å². The van der Waals surface area contributed by atoms with Crippen LogP contribution >= 0.6 is 35.0 Å². The molecule has 3 aromatic carbocycles. The van der Waals surface area contributed by atoms with Gasteiger partial charge in [0, 0.05) is 21.7 Å². The Bertz CT molecular complexity index is 1860. The molecular formula is C29H19Cl2NO12S. The van der Waals surface area contributed by atoms with E-state index in [4.69, 9.17) is 61.1 Å². The molecule has 0 atom stereocenters. The van der Waals surface area contributed by atoms with E-state index in [0.717, 1.165) is 0 Å². The van der Waals surface area contributed by atoms with Crippen molar-refractivity contribution >= 4 is 64.1 Å². The predicted molar refractivity (Wildman–Crippen MR) is 159 cm³/mol. The van der Waals surface area contributed by atoms with E-state index in [1.54, 1.807) is 0 Å². The molecule has 3 aliphatic rings. The van der Waals surface area contributed by atoms with Gasteiger partial charge < -0.3 is 37.9 Å². The zero-order valence-corrected chi connectivity index (χ0v) is 25.7. The number of nitrogens with one attached hydrogen (secondary N) is 1. The highest BCUT2D eigenvalue weighted by Crippen LogP contribution is 2.57. The number of imide groups is 1. The Balaban J connectivity index is 1.57. The van der Waals surface area contributed by atoms with Gasteiger partial charge in [0.1, 0.15) is 0 Å². The summed E-state index contributed by atoms with van der Waals surface area (Å²) < 4.78 is 44.6. The molecule has 0 radical (unpaired) electrons. The third-order valence-corrected chi connectivity index (χ3v) is 8.00. The number of methoxy groups -OCH3 is 3. The summed E-state index contributed by atoms with van der Waals surface area (Å²) in [4.78, 5) is 51.3. The van der Waals surface area contributed by atoms with Crippen LogP contribution in [0, 0.1) is 0 Å². The first kappa shape index (κ1) is 30.2. The van der Waals surface area contributed by atoms with Crippen LogP contribution in [0.15, 0.2) is 29.2 Å². The van der Waals surface area contributed by atoms with Crippen LogP contribution in [0.1, 0.15) is 26.3 Å². The standard InChI is InChI=1S/C29H19Cl2NO12S/c1-37-16-7-13(27(34)39-3)19(24-22(16)40-9-42-24)20-14(8-17(38-2)23-25(20)43-10-41-23)28(35)44-21-11(4-12(30)6-15(21)31)5-18-26(33)32-29(36)45-18/h4-8H,9-10H2,1-3H3,(H,32,33,36)/b18-5+. The van der Waals surface area contributed by atoms with Crippen LogP contribution in [-0.2, 0) is 9.53 Å². The van der Waals surface area contributed by atoms with Crippen LogP contribution < -0.4 is 38.5 Å². The zero-order valence-electron chi connectivity index (χ0n) is 23.4. The van der Waals surface area contributed by atoms with E-state index in [1.165, 1.54) is 51.7 Å². The summed E-state index contributed by atoms with van der Waals surface area (Å²) in [5.41, 5.74) is -0.0101. The molecule has 0 unspecified atom stereocenters. The molecule has 13 nitrogen and oxygen atoms in total. The van der Waals surface area contributed by atoms with Gasteiger partial charge in [-0.1, -0.05) is 23.2 Å². The lowest BCUT2D eigenvalue weighted by molar-refractivity contribution is -0.115. The molecule has 6 rings (SSSR count). The lowest BCUT2D eigenvalue weighted by Gasteiger charge is -2.19. The summed E-state index contributed by atoms with van der Waals surface area (Å²) in [5.74, 6) is -1.91. The summed E-state index contributed by atoms with van der Waals surface area (Å²) in [6.45, 7) is -0.453. The van der Waals surface area contributed by atoms with Gasteiger partial charge in [-0.3, -0.25) is 14.9 Å². The van der Waals surface area contributed by atoms with Gasteiger partial charge in [0.2, 0.25) is 25.1 Å².